The van der Waals surface area contributed by atoms with E-state index in [0.717, 1.165) is 0 Å². The number of allylic oxidation sites excluding steroid dienone is 10. The largest absolute Gasteiger partial charge is 0.0807 e. The van der Waals surface area contributed by atoms with E-state index < -0.39 is 0 Å². The summed E-state index contributed by atoms with van der Waals surface area (Å²) < 4.78 is 0. The van der Waals surface area contributed by atoms with E-state index >= 15 is 0 Å². The molecule has 0 radical (unpaired) electrons. The monoisotopic (exact) mass is 573 g/mol. The minimum Gasteiger partial charge on any atom is -0.0807 e. The molecule has 0 heterocycles. The third-order valence-electron chi connectivity index (χ3n) is 10.7. The molecule has 0 N–H and O–H groups in total. The maximum absolute atomic E-state index is 2.77. The van der Waals surface area contributed by atoms with Gasteiger partial charge in [-0.15, -0.1) is 0 Å². The van der Waals surface area contributed by atoms with Crippen molar-refractivity contribution in [2.24, 2.45) is 0 Å². The Hall–Kier alpha value is -1.30. The first kappa shape index (κ1) is 33.6. The highest BCUT2D eigenvalue weighted by atomic mass is 14.3. The van der Waals surface area contributed by atoms with Crippen molar-refractivity contribution in [2.45, 2.75) is 205 Å². The number of rotatable bonds is 4. The van der Waals surface area contributed by atoms with Crippen LogP contribution in [0.4, 0.5) is 0 Å². The van der Waals surface area contributed by atoms with Gasteiger partial charge in [-0.2, -0.15) is 0 Å². The molecule has 0 aliphatic heterocycles. The fraction of sp³-hybridized carbons (Fsp3) is 0.762. The Morgan fingerprint density at radius 2 is 0.429 bits per heavy atom. The van der Waals surface area contributed by atoms with E-state index in [1.54, 1.807) is 33.4 Å². The van der Waals surface area contributed by atoms with Gasteiger partial charge in [0.05, 0.1) is 0 Å². The lowest BCUT2D eigenvalue weighted by Crippen LogP contribution is -2.09. The van der Waals surface area contributed by atoms with Crippen LogP contribution >= 0.6 is 0 Å². The fourth-order valence-electron chi connectivity index (χ4n) is 8.14. The van der Waals surface area contributed by atoms with Crippen LogP contribution in [0.3, 0.4) is 0 Å². The van der Waals surface area contributed by atoms with E-state index in [4.69, 9.17) is 0 Å². The second-order valence-electron chi connectivity index (χ2n) is 14.3. The predicted molar refractivity (Wildman–Crippen MR) is 187 cm³/mol. The van der Waals surface area contributed by atoms with Crippen LogP contribution in [-0.2, 0) is 0 Å². The van der Waals surface area contributed by atoms with Crippen LogP contribution in [0.1, 0.15) is 205 Å². The molecule has 4 rings (SSSR count). The summed E-state index contributed by atoms with van der Waals surface area (Å²) in [5, 5.41) is 0. The van der Waals surface area contributed by atoms with Crippen LogP contribution in [0.5, 0.6) is 0 Å². The molecule has 0 unspecified atom stereocenters. The Labute approximate surface area is 262 Å². The first-order chi connectivity index (χ1) is 20.9. The fourth-order valence-corrected chi connectivity index (χ4v) is 8.14. The van der Waals surface area contributed by atoms with Gasteiger partial charge in [0.15, 0.2) is 0 Å². The second kappa shape index (κ2) is 21.4. The summed E-state index contributed by atoms with van der Waals surface area (Å²) in [7, 11) is 0. The molecule has 0 bridgehead atoms. The van der Waals surface area contributed by atoms with Gasteiger partial charge in [-0.05, 0) is 136 Å². The Bertz CT molecular complexity index is 756. The quantitative estimate of drug-likeness (QED) is 0.314. The highest BCUT2D eigenvalue weighted by Gasteiger charge is 2.23. The molecule has 4 aliphatic carbocycles. The minimum atomic E-state index is 1.29. The Kier molecular flexibility index (Phi) is 17.1. The molecule has 0 fully saturated rings. The van der Waals surface area contributed by atoms with Crippen molar-refractivity contribution in [3.63, 3.8) is 0 Å². The van der Waals surface area contributed by atoms with E-state index in [-0.39, 0.29) is 0 Å². The van der Waals surface area contributed by atoms with Crippen LogP contribution in [0.2, 0.25) is 0 Å². The zero-order chi connectivity index (χ0) is 28.9. The van der Waals surface area contributed by atoms with Crippen LogP contribution in [0.15, 0.2) is 57.7 Å². The Balaban J connectivity index is 1.89. The van der Waals surface area contributed by atoms with Crippen molar-refractivity contribution < 1.29 is 0 Å². The van der Waals surface area contributed by atoms with E-state index in [0.29, 0.717) is 0 Å². The summed E-state index contributed by atoms with van der Waals surface area (Å²) in [5.74, 6) is 0. The topological polar surface area (TPSA) is 0 Å². The summed E-state index contributed by atoms with van der Waals surface area (Å²) in [6.45, 7) is 0. The highest BCUT2D eigenvalue weighted by molar-refractivity contribution is 5.62. The van der Waals surface area contributed by atoms with Gasteiger partial charge >= 0.3 is 0 Å². The van der Waals surface area contributed by atoms with Crippen molar-refractivity contribution in [2.75, 3.05) is 0 Å². The molecule has 0 spiro atoms. The normalized spacial score (nSPS) is 24.1. The van der Waals surface area contributed by atoms with Crippen LogP contribution in [0.25, 0.3) is 0 Å². The molecule has 42 heavy (non-hydrogen) atoms. The highest BCUT2D eigenvalue weighted by Crippen LogP contribution is 2.42. The van der Waals surface area contributed by atoms with Gasteiger partial charge in [-0.25, -0.2) is 0 Å². The van der Waals surface area contributed by atoms with Gasteiger partial charge in [0.1, 0.15) is 0 Å². The first-order valence-corrected chi connectivity index (χ1v) is 19.5. The van der Waals surface area contributed by atoms with E-state index in [2.05, 4.69) is 24.3 Å². The SMILES string of the molecule is C1=C(C(C2=CCCCCCCCC2)=C(C2=CCCCCCCCC2)C2=CCCCCCCCC2)CCCCCCCC1. The second-order valence-corrected chi connectivity index (χ2v) is 14.3. The summed E-state index contributed by atoms with van der Waals surface area (Å²) in [6, 6.07) is 0. The van der Waals surface area contributed by atoms with Gasteiger partial charge < -0.3 is 0 Å². The summed E-state index contributed by atoms with van der Waals surface area (Å²) >= 11 is 0. The van der Waals surface area contributed by atoms with E-state index in [9.17, 15) is 0 Å². The molecule has 0 saturated heterocycles. The third kappa shape index (κ3) is 12.4. The van der Waals surface area contributed by atoms with Crippen molar-refractivity contribution >= 4 is 0 Å². The Morgan fingerprint density at radius 1 is 0.238 bits per heavy atom. The average molecular weight is 573 g/mol. The summed E-state index contributed by atoms with van der Waals surface area (Å²) in [4.78, 5) is 0. The molecule has 4 aliphatic rings. The smallest absolute Gasteiger partial charge is 0.0121 e. The third-order valence-corrected chi connectivity index (χ3v) is 10.7. The summed E-state index contributed by atoms with van der Waals surface area (Å²) in [6.07, 6.45) is 55.4. The minimum absolute atomic E-state index is 1.29. The standard InChI is InChI=1S/C42H68/c1-5-13-21-29-37(30-22-14-6-1)41(38-31-23-15-7-2-8-16-24-32-38)42(39-33-25-17-9-3-10-18-26-34-39)40-35-27-19-11-4-12-20-28-36-40/h29,31,33,35H,1-28,30,32,34,36H2. The molecule has 0 aromatic carbocycles. The molecule has 0 heteroatoms. The zero-order valence-corrected chi connectivity index (χ0v) is 27.9. The van der Waals surface area contributed by atoms with Crippen LogP contribution in [0, 0.1) is 0 Å². The average Bonchev–Trinajstić information content (AvgIpc) is 3.03. The van der Waals surface area contributed by atoms with Crippen molar-refractivity contribution in [1.82, 2.24) is 0 Å². The lowest BCUT2D eigenvalue weighted by molar-refractivity contribution is 0.577. The van der Waals surface area contributed by atoms with Crippen molar-refractivity contribution in [1.29, 1.82) is 0 Å². The van der Waals surface area contributed by atoms with Gasteiger partial charge in [-0.3, -0.25) is 0 Å². The predicted octanol–water partition coefficient (Wildman–Crippen LogP) is 14.5. The van der Waals surface area contributed by atoms with Gasteiger partial charge in [0.25, 0.3) is 0 Å². The first-order valence-electron chi connectivity index (χ1n) is 19.5. The lowest BCUT2D eigenvalue weighted by atomic mass is 9.77. The van der Waals surface area contributed by atoms with Crippen LogP contribution < -0.4 is 0 Å². The molecular formula is C42H68. The molecule has 0 saturated carbocycles. The molecule has 236 valence electrons. The van der Waals surface area contributed by atoms with Crippen molar-refractivity contribution in [3.8, 4) is 0 Å². The van der Waals surface area contributed by atoms with Gasteiger partial charge in [0.2, 0.25) is 0 Å². The Morgan fingerprint density at radius 3 is 0.667 bits per heavy atom. The number of hydrogen-bond acceptors (Lipinski definition) is 0. The molecular weight excluding hydrogens is 504 g/mol. The van der Waals surface area contributed by atoms with Gasteiger partial charge in [0, 0.05) is 0 Å². The maximum Gasteiger partial charge on any atom is -0.0121 e. The summed E-state index contributed by atoms with van der Waals surface area (Å²) in [5.41, 5.74) is 10.6. The van der Waals surface area contributed by atoms with E-state index in [1.807, 2.05) is 0 Å². The molecule has 0 amide bonds. The molecule has 0 nitrogen and oxygen atoms in total. The lowest BCUT2D eigenvalue weighted by Gasteiger charge is -2.27. The van der Waals surface area contributed by atoms with E-state index in [1.165, 1.54) is 205 Å². The van der Waals surface area contributed by atoms with Crippen molar-refractivity contribution in [3.05, 3.63) is 57.7 Å². The maximum atomic E-state index is 2.77. The molecule has 0 aromatic heterocycles. The van der Waals surface area contributed by atoms with Crippen LogP contribution in [-0.4, -0.2) is 0 Å². The van der Waals surface area contributed by atoms with Gasteiger partial charge in [-0.1, -0.05) is 127 Å². The molecule has 0 atom stereocenters. The molecule has 0 aromatic rings. The zero-order valence-electron chi connectivity index (χ0n) is 27.9. The number of hydrogen-bond donors (Lipinski definition) is 0.